The van der Waals surface area contributed by atoms with E-state index < -0.39 is 0 Å². The summed E-state index contributed by atoms with van der Waals surface area (Å²) in [5.74, 6) is 3.35. The van der Waals surface area contributed by atoms with Gasteiger partial charge in [-0.1, -0.05) is 53.0 Å². The highest BCUT2D eigenvalue weighted by atomic mass is 35.5. The number of hydrogen-bond donors (Lipinski definition) is 1. The second-order valence-electron chi connectivity index (χ2n) is 7.78. The van der Waals surface area contributed by atoms with Crippen LogP contribution in [-0.4, -0.2) is 37.3 Å². The number of amides is 1. The minimum atomic E-state index is -0.389. The highest BCUT2D eigenvalue weighted by Crippen LogP contribution is 2.45. The first-order valence-corrected chi connectivity index (χ1v) is 14.4. The van der Waals surface area contributed by atoms with E-state index in [0.29, 0.717) is 42.5 Å². The summed E-state index contributed by atoms with van der Waals surface area (Å²) in [5.41, 5.74) is 5.06. The molecule has 0 aliphatic carbocycles. The third kappa shape index (κ3) is 7.88. The Morgan fingerprint density at radius 2 is 1.78 bits per heavy atom. The van der Waals surface area contributed by atoms with Crippen LogP contribution >= 0.6 is 58.3 Å². The number of methoxy groups -OCH3 is 1. The van der Waals surface area contributed by atoms with E-state index in [4.69, 9.17) is 49.0 Å². The molecule has 1 amide bonds. The number of carbonyl (C=O) groups is 1. The summed E-state index contributed by atoms with van der Waals surface area (Å²) in [6, 6.07) is 16.3. The van der Waals surface area contributed by atoms with Crippen molar-refractivity contribution in [2.24, 2.45) is 5.10 Å². The number of rotatable bonds is 10. The van der Waals surface area contributed by atoms with Gasteiger partial charge in [0.1, 0.15) is 12.4 Å². The fraction of sp³-hybridized carbons (Fsp3) is 0.231. The van der Waals surface area contributed by atoms with Crippen LogP contribution in [0.15, 0.2) is 59.7 Å². The van der Waals surface area contributed by atoms with E-state index in [9.17, 15) is 4.79 Å². The van der Waals surface area contributed by atoms with Gasteiger partial charge in [-0.05, 0) is 47.5 Å². The highest BCUT2D eigenvalue weighted by Gasteiger charge is 2.18. The maximum atomic E-state index is 12.1. The lowest BCUT2D eigenvalue weighted by atomic mass is 10.2. The molecule has 6 nitrogen and oxygen atoms in total. The minimum Gasteiger partial charge on any atom is -0.493 e. The van der Waals surface area contributed by atoms with Crippen molar-refractivity contribution in [1.82, 2.24) is 5.43 Å². The predicted molar refractivity (Wildman–Crippen MR) is 154 cm³/mol. The average molecular weight is 598 g/mol. The van der Waals surface area contributed by atoms with E-state index >= 15 is 0 Å². The lowest BCUT2D eigenvalue weighted by molar-refractivity contribution is -0.123. The minimum absolute atomic E-state index is 0.159. The first kappa shape index (κ1) is 27.8. The molecular weight excluding hydrogens is 575 g/mol. The predicted octanol–water partition coefficient (Wildman–Crippen LogP) is 7.24. The molecule has 37 heavy (non-hydrogen) atoms. The zero-order chi connectivity index (χ0) is 26.2. The molecule has 1 aliphatic rings. The van der Waals surface area contributed by atoms with Crippen LogP contribution in [-0.2, 0) is 11.4 Å². The molecule has 1 aliphatic heterocycles. The molecule has 1 saturated heterocycles. The molecule has 3 aromatic carbocycles. The first-order valence-electron chi connectivity index (χ1n) is 11.1. The zero-order valence-corrected chi connectivity index (χ0v) is 23.6. The molecule has 0 aromatic heterocycles. The van der Waals surface area contributed by atoms with Crippen LogP contribution in [0.25, 0.3) is 0 Å². The van der Waals surface area contributed by atoms with Crippen LogP contribution in [0.5, 0.6) is 17.2 Å². The van der Waals surface area contributed by atoms with Gasteiger partial charge in [-0.3, -0.25) is 4.79 Å². The average Bonchev–Trinajstić information content (AvgIpc) is 3.43. The van der Waals surface area contributed by atoms with E-state index in [2.05, 4.69) is 10.5 Å². The number of ether oxygens (including phenoxy) is 3. The Balaban J connectivity index is 1.29. The molecule has 0 unspecified atom stereocenters. The molecule has 4 rings (SSSR count). The molecular formula is C26H23Cl3N2O4S2. The smallest absolute Gasteiger partial charge is 0.277 e. The normalized spacial score (nSPS) is 13.6. The van der Waals surface area contributed by atoms with E-state index in [1.165, 1.54) is 30.4 Å². The molecule has 3 aromatic rings. The second kappa shape index (κ2) is 13.5. The SMILES string of the molecule is COc1cc(/C=N\NC(=O)COc2ccc(C3SCCS3)cc2)cc(Cl)c1OCc1ccc(Cl)cc1Cl. The number of nitrogens with one attached hydrogen (secondary N) is 1. The highest BCUT2D eigenvalue weighted by molar-refractivity contribution is 8.19. The number of halogens is 3. The lowest BCUT2D eigenvalue weighted by Gasteiger charge is -2.14. The molecule has 0 saturated carbocycles. The van der Waals surface area contributed by atoms with Gasteiger partial charge < -0.3 is 14.2 Å². The van der Waals surface area contributed by atoms with Crippen molar-refractivity contribution in [1.29, 1.82) is 0 Å². The Bertz CT molecular complexity index is 1270. The number of nitrogens with zero attached hydrogens (tertiary/aromatic N) is 1. The van der Waals surface area contributed by atoms with Crippen molar-refractivity contribution < 1.29 is 19.0 Å². The van der Waals surface area contributed by atoms with Crippen molar-refractivity contribution in [3.05, 3.63) is 86.4 Å². The largest absolute Gasteiger partial charge is 0.493 e. The van der Waals surface area contributed by atoms with Gasteiger partial charge in [0, 0.05) is 27.1 Å². The third-order valence-corrected chi connectivity index (χ3v) is 9.16. The number of carbonyl (C=O) groups excluding carboxylic acids is 1. The van der Waals surface area contributed by atoms with Gasteiger partial charge in [-0.2, -0.15) is 5.10 Å². The number of thioether (sulfide) groups is 2. The zero-order valence-electron chi connectivity index (χ0n) is 19.7. The Labute approximate surface area is 239 Å². The van der Waals surface area contributed by atoms with Crippen molar-refractivity contribution >= 4 is 70.4 Å². The van der Waals surface area contributed by atoms with Gasteiger partial charge in [0.05, 0.1) is 22.9 Å². The molecule has 0 spiro atoms. The summed E-state index contributed by atoms with van der Waals surface area (Å²) in [4.78, 5) is 12.1. The maximum Gasteiger partial charge on any atom is 0.277 e. The monoisotopic (exact) mass is 596 g/mol. The van der Waals surface area contributed by atoms with E-state index in [-0.39, 0.29) is 19.1 Å². The Kier molecular flexibility index (Phi) is 10.2. The molecule has 0 radical (unpaired) electrons. The topological polar surface area (TPSA) is 69.2 Å². The van der Waals surface area contributed by atoms with Crippen LogP contribution in [0.3, 0.4) is 0 Å². The summed E-state index contributed by atoms with van der Waals surface area (Å²) in [5, 5.41) is 5.33. The summed E-state index contributed by atoms with van der Waals surface area (Å²) in [6.07, 6.45) is 1.46. The van der Waals surface area contributed by atoms with Crippen LogP contribution < -0.4 is 19.6 Å². The quantitative estimate of drug-likeness (QED) is 0.196. The third-order valence-electron chi connectivity index (χ3n) is 5.19. The van der Waals surface area contributed by atoms with Gasteiger partial charge >= 0.3 is 0 Å². The summed E-state index contributed by atoms with van der Waals surface area (Å²) in [6.45, 7) is 0.0184. The number of benzene rings is 3. The van der Waals surface area contributed by atoms with Gasteiger partial charge in [0.15, 0.2) is 18.1 Å². The Morgan fingerprint density at radius 1 is 1.03 bits per heavy atom. The lowest BCUT2D eigenvalue weighted by Crippen LogP contribution is -2.24. The fourth-order valence-electron chi connectivity index (χ4n) is 3.38. The van der Waals surface area contributed by atoms with E-state index in [1.807, 2.05) is 47.8 Å². The molecule has 0 atom stereocenters. The van der Waals surface area contributed by atoms with Crippen molar-refractivity contribution in [2.45, 2.75) is 11.2 Å². The standard InChI is InChI=1S/C26H23Cl3N2O4S2/c1-33-23-11-16(10-22(29)25(23)35-14-18-2-5-19(27)12-21(18)28)13-30-31-24(32)15-34-20-6-3-17(4-7-20)26-36-8-9-37-26/h2-7,10-13,26H,8-9,14-15H2,1H3,(H,31,32)/b30-13-. The van der Waals surface area contributed by atoms with E-state index in [1.54, 1.807) is 30.3 Å². The summed E-state index contributed by atoms with van der Waals surface area (Å²) in [7, 11) is 1.51. The molecule has 1 fully saturated rings. The molecule has 0 bridgehead atoms. The first-order chi connectivity index (χ1) is 17.9. The van der Waals surface area contributed by atoms with Crippen LogP contribution in [0.2, 0.25) is 15.1 Å². The molecule has 1 N–H and O–H groups in total. The number of hydrazone groups is 1. The Morgan fingerprint density at radius 3 is 2.49 bits per heavy atom. The molecule has 194 valence electrons. The number of hydrogen-bond acceptors (Lipinski definition) is 7. The summed E-state index contributed by atoms with van der Waals surface area (Å²) < 4.78 is 17.3. The van der Waals surface area contributed by atoms with Gasteiger partial charge in [-0.15, -0.1) is 23.5 Å². The second-order valence-corrected chi connectivity index (χ2v) is 11.8. The van der Waals surface area contributed by atoms with Crippen LogP contribution in [0, 0.1) is 0 Å². The van der Waals surface area contributed by atoms with Gasteiger partial charge in [0.2, 0.25) is 0 Å². The van der Waals surface area contributed by atoms with E-state index in [0.717, 1.165) is 5.56 Å². The van der Waals surface area contributed by atoms with Gasteiger partial charge in [-0.25, -0.2) is 5.43 Å². The molecule has 11 heteroatoms. The molecule has 1 heterocycles. The summed E-state index contributed by atoms with van der Waals surface area (Å²) >= 11 is 22.5. The Hall–Kier alpha value is -2.23. The van der Waals surface area contributed by atoms with Crippen molar-refractivity contribution in [2.75, 3.05) is 25.2 Å². The maximum absolute atomic E-state index is 12.1. The van der Waals surface area contributed by atoms with Crippen molar-refractivity contribution in [3.63, 3.8) is 0 Å². The van der Waals surface area contributed by atoms with Gasteiger partial charge in [0.25, 0.3) is 5.91 Å². The van der Waals surface area contributed by atoms with Crippen molar-refractivity contribution in [3.8, 4) is 17.2 Å². The fourth-order valence-corrected chi connectivity index (χ4v) is 6.97. The van der Waals surface area contributed by atoms with Crippen LogP contribution in [0.1, 0.15) is 21.3 Å². The van der Waals surface area contributed by atoms with Crippen LogP contribution in [0.4, 0.5) is 0 Å².